The molecule has 12 heteroatoms. The van der Waals surface area contributed by atoms with Crippen molar-refractivity contribution in [1.82, 2.24) is 0 Å². The number of hydrogen-bond acceptors (Lipinski definition) is 8. The first-order valence-electron chi connectivity index (χ1n) is 10.8. The van der Waals surface area contributed by atoms with Gasteiger partial charge in [0.15, 0.2) is 0 Å². The van der Waals surface area contributed by atoms with Crippen molar-refractivity contribution < 1.29 is 34.1 Å². The lowest BCUT2D eigenvalue weighted by Gasteiger charge is -2.16. The second kappa shape index (κ2) is 11.4. The van der Waals surface area contributed by atoms with Crippen LogP contribution in [0.4, 0.5) is 21.9 Å². The first-order chi connectivity index (χ1) is 18.0. The summed E-state index contributed by atoms with van der Waals surface area (Å²) in [4.78, 5) is 47.6. The van der Waals surface area contributed by atoms with Crippen LogP contribution in [0.15, 0.2) is 54.6 Å². The molecule has 3 aromatic rings. The van der Waals surface area contributed by atoms with Crippen LogP contribution >= 0.6 is 0 Å². The summed E-state index contributed by atoms with van der Waals surface area (Å²) in [7, 11) is 1.22. The number of anilines is 3. The number of ether oxygens (including phenoxy) is 1. The second-order valence-electron chi connectivity index (χ2n) is 7.80. The second-order valence-corrected chi connectivity index (χ2v) is 7.80. The molecule has 0 fully saturated rings. The molecule has 38 heavy (non-hydrogen) atoms. The molecule has 0 saturated heterocycles. The summed E-state index contributed by atoms with van der Waals surface area (Å²) < 4.78 is 4.55. The minimum atomic E-state index is -1.39. The Kier molecular flexibility index (Phi) is 8.04. The van der Waals surface area contributed by atoms with Crippen LogP contribution in [0.25, 0.3) is 11.1 Å². The van der Waals surface area contributed by atoms with E-state index < -0.39 is 35.3 Å². The number of phenols is 1. The molecular weight excluding hydrogens is 494 g/mol. The van der Waals surface area contributed by atoms with Crippen molar-refractivity contribution in [2.24, 2.45) is 0 Å². The zero-order valence-electron chi connectivity index (χ0n) is 20.1. The predicted octanol–water partition coefficient (Wildman–Crippen LogP) is 3.77. The van der Waals surface area contributed by atoms with Gasteiger partial charge in [0.2, 0.25) is 5.91 Å². The third-order valence-corrected chi connectivity index (χ3v) is 5.20. The van der Waals surface area contributed by atoms with Gasteiger partial charge in [0.25, 0.3) is 5.91 Å². The van der Waals surface area contributed by atoms with Crippen LogP contribution in [-0.2, 0) is 14.3 Å². The molecule has 0 radical (unpaired) electrons. The van der Waals surface area contributed by atoms with Crippen molar-refractivity contribution in [3.05, 3.63) is 71.3 Å². The molecule has 3 aromatic carbocycles. The Balaban J connectivity index is 1.99. The van der Waals surface area contributed by atoms with Gasteiger partial charge in [0.05, 0.1) is 35.7 Å². The fraction of sp³-hybridized carbons (Fsp3) is 0.0769. The lowest BCUT2D eigenvalue weighted by Crippen LogP contribution is -2.24. The number of carbonyl (C=O) groups excluding carboxylic acids is 3. The van der Waals surface area contributed by atoms with E-state index in [-0.39, 0.29) is 28.1 Å². The summed E-state index contributed by atoms with van der Waals surface area (Å²) in [6.45, 7) is 1.27. The third-order valence-electron chi connectivity index (χ3n) is 5.20. The number of aromatic carboxylic acids is 1. The molecule has 0 atom stereocenters. The van der Waals surface area contributed by atoms with Crippen molar-refractivity contribution in [2.75, 3.05) is 23.1 Å². The molecule has 0 unspecified atom stereocenters. The monoisotopic (exact) mass is 515 g/mol. The Morgan fingerprint density at radius 1 is 0.921 bits per heavy atom. The molecule has 0 aliphatic carbocycles. The molecule has 0 aromatic heterocycles. The van der Waals surface area contributed by atoms with Gasteiger partial charge in [-0.15, -0.1) is 0 Å². The van der Waals surface area contributed by atoms with E-state index in [0.717, 1.165) is 6.07 Å². The lowest BCUT2D eigenvalue weighted by atomic mass is 9.97. The smallest absolute Gasteiger partial charge is 0.411 e. The number of hydrogen-bond donors (Lipinski definition) is 6. The van der Waals surface area contributed by atoms with E-state index in [0.29, 0.717) is 16.8 Å². The molecule has 12 nitrogen and oxygen atoms in total. The van der Waals surface area contributed by atoms with Gasteiger partial charge in [-0.25, -0.2) is 9.59 Å². The van der Waals surface area contributed by atoms with Crippen LogP contribution < -0.4 is 16.0 Å². The van der Waals surface area contributed by atoms with E-state index in [1.54, 1.807) is 30.3 Å². The Morgan fingerprint density at radius 3 is 2.18 bits per heavy atom. The highest BCUT2D eigenvalue weighted by atomic mass is 16.5. The molecule has 192 valence electrons. The van der Waals surface area contributed by atoms with Crippen LogP contribution in [0.1, 0.15) is 28.4 Å². The molecule has 6 N–H and O–H groups in total. The molecule has 3 rings (SSSR count). The highest BCUT2D eigenvalue weighted by Crippen LogP contribution is 2.35. The van der Waals surface area contributed by atoms with Crippen molar-refractivity contribution in [3.63, 3.8) is 0 Å². The van der Waals surface area contributed by atoms with Gasteiger partial charge in [0.1, 0.15) is 11.5 Å². The summed E-state index contributed by atoms with van der Waals surface area (Å²) >= 11 is 0. The largest absolute Gasteiger partial charge is 0.507 e. The zero-order chi connectivity index (χ0) is 28.0. The number of rotatable bonds is 7. The van der Waals surface area contributed by atoms with Crippen LogP contribution in [0, 0.1) is 16.7 Å². The summed E-state index contributed by atoms with van der Waals surface area (Å²) in [5, 5.41) is 44.8. The highest BCUT2D eigenvalue weighted by Gasteiger charge is 2.22. The highest BCUT2D eigenvalue weighted by molar-refractivity contribution is 6.48. The average molecular weight is 515 g/mol. The number of nitrogens with zero attached hydrogens (tertiary/aromatic N) is 1. The molecule has 0 aliphatic heterocycles. The molecule has 3 amide bonds. The Bertz CT molecular complexity index is 1510. The van der Waals surface area contributed by atoms with Gasteiger partial charge in [-0.1, -0.05) is 12.1 Å². The van der Waals surface area contributed by atoms with E-state index in [2.05, 4.69) is 20.7 Å². The summed E-state index contributed by atoms with van der Waals surface area (Å²) in [6.07, 6.45) is -0.670. The number of nitrogens with one attached hydrogen (secondary N) is 4. The molecule has 0 heterocycles. The number of methoxy groups -OCH3 is 1. The van der Waals surface area contributed by atoms with Gasteiger partial charge in [-0.05, 0) is 42.0 Å². The number of carbonyl (C=O) groups is 4. The van der Waals surface area contributed by atoms with Crippen LogP contribution in [-0.4, -0.2) is 46.9 Å². The number of nitriles is 1. The fourth-order valence-electron chi connectivity index (χ4n) is 3.43. The van der Waals surface area contributed by atoms with E-state index in [1.807, 2.05) is 0 Å². The number of benzene rings is 3. The summed E-state index contributed by atoms with van der Waals surface area (Å²) in [5.74, 6) is -3.33. The minimum absolute atomic E-state index is 0.0686. The molecule has 0 saturated carbocycles. The number of carboxylic acids is 1. The van der Waals surface area contributed by atoms with Crippen LogP contribution in [0.2, 0.25) is 0 Å². The maximum absolute atomic E-state index is 12.9. The SMILES string of the molecule is COC(=O)Nc1ccc(-c2cc(C(=N)C(=O)Nc3ccc(C#N)cc3C(=O)O)c(O)cc2NC(C)=O)cc1. The standard InChI is InChI=1S/C26H21N5O7/c1-13(32)29-21-11-22(33)19(10-17(21)15-4-6-16(7-5-15)30-26(37)38-2)23(28)24(34)31-20-8-3-14(12-27)9-18(20)25(35)36/h3-11,28,33H,1-2H3,(H,29,32)(H,30,37)(H,31,34)(H,35,36). The minimum Gasteiger partial charge on any atom is -0.507 e. The van der Waals surface area contributed by atoms with Crippen LogP contribution in [0.3, 0.4) is 0 Å². The molecule has 0 bridgehead atoms. The van der Waals surface area contributed by atoms with Gasteiger partial charge < -0.3 is 25.6 Å². The molecule has 0 aliphatic rings. The average Bonchev–Trinajstić information content (AvgIpc) is 2.88. The van der Waals surface area contributed by atoms with Crippen molar-refractivity contribution in [2.45, 2.75) is 6.92 Å². The van der Waals surface area contributed by atoms with Gasteiger partial charge in [0, 0.05) is 29.8 Å². The van der Waals surface area contributed by atoms with Gasteiger partial charge in [-0.3, -0.25) is 20.3 Å². The first-order valence-corrected chi connectivity index (χ1v) is 10.8. The topological polar surface area (TPSA) is 202 Å². The summed E-state index contributed by atoms with van der Waals surface area (Å²) in [5.41, 5.74) is 0.158. The maximum atomic E-state index is 12.9. The van der Waals surface area contributed by atoms with Gasteiger partial charge in [-0.2, -0.15) is 5.26 Å². The van der Waals surface area contributed by atoms with Crippen LogP contribution in [0.5, 0.6) is 5.75 Å². The van der Waals surface area contributed by atoms with E-state index in [1.165, 1.54) is 38.3 Å². The van der Waals surface area contributed by atoms with Crippen molar-refractivity contribution in [1.29, 1.82) is 10.7 Å². The van der Waals surface area contributed by atoms with Gasteiger partial charge >= 0.3 is 12.1 Å². The maximum Gasteiger partial charge on any atom is 0.411 e. The number of amides is 3. The molecular formula is C26H21N5O7. The van der Waals surface area contributed by atoms with E-state index in [4.69, 9.17) is 10.7 Å². The van der Waals surface area contributed by atoms with E-state index >= 15 is 0 Å². The van der Waals surface area contributed by atoms with Crippen molar-refractivity contribution >= 4 is 46.7 Å². The zero-order valence-corrected chi connectivity index (χ0v) is 20.1. The fourth-order valence-corrected chi connectivity index (χ4v) is 3.43. The Labute approximate surface area is 216 Å². The normalized spacial score (nSPS) is 10.0. The predicted molar refractivity (Wildman–Crippen MR) is 137 cm³/mol. The number of aromatic hydroxyl groups is 1. The van der Waals surface area contributed by atoms with E-state index in [9.17, 15) is 29.4 Å². The Morgan fingerprint density at radius 2 is 1.61 bits per heavy atom. The lowest BCUT2D eigenvalue weighted by molar-refractivity contribution is -0.114. The Hall–Kier alpha value is -5.70. The number of carboxylic acid groups (broad SMARTS) is 1. The quantitative estimate of drug-likeness (QED) is 0.255. The molecule has 0 spiro atoms. The number of phenolic OH excluding ortho intramolecular Hbond substituents is 1. The first kappa shape index (κ1) is 26.9. The van der Waals surface area contributed by atoms with Crippen molar-refractivity contribution in [3.8, 4) is 22.9 Å². The third kappa shape index (κ3) is 6.10. The summed E-state index contributed by atoms with van der Waals surface area (Å²) in [6, 6.07) is 14.3.